The van der Waals surface area contributed by atoms with Crippen molar-refractivity contribution in [1.82, 2.24) is 4.90 Å². The third-order valence-corrected chi connectivity index (χ3v) is 4.42. The number of rotatable bonds is 7. The van der Waals surface area contributed by atoms with E-state index in [0.29, 0.717) is 12.8 Å². The monoisotopic (exact) mass is 345 g/mol. The Morgan fingerprint density at radius 2 is 1.80 bits per heavy atom. The molecule has 0 bridgehead atoms. The lowest BCUT2D eigenvalue weighted by atomic mass is 10.1. The Bertz CT molecular complexity index is 715. The molecule has 0 spiro atoms. The number of nitrogens with zero attached hydrogens (tertiary/aromatic N) is 1. The molecule has 134 valence electrons. The predicted molar refractivity (Wildman–Crippen MR) is 95.5 cm³/mol. The number of aryl methyl sites for hydroxylation is 1. The first-order valence-electron chi connectivity index (χ1n) is 8.18. The molecule has 0 fully saturated rings. The molecular formula is C20H24FNO3. The van der Waals surface area contributed by atoms with Gasteiger partial charge in [-0.05, 0) is 48.7 Å². The van der Waals surface area contributed by atoms with Crippen LogP contribution in [-0.4, -0.2) is 32.1 Å². The molecule has 5 heteroatoms. The van der Waals surface area contributed by atoms with E-state index in [-0.39, 0.29) is 17.7 Å². The van der Waals surface area contributed by atoms with E-state index < -0.39 is 5.82 Å². The Balaban J connectivity index is 1.95. The summed E-state index contributed by atoms with van der Waals surface area (Å²) in [7, 11) is 4.83. The van der Waals surface area contributed by atoms with E-state index in [1.807, 2.05) is 31.2 Å². The van der Waals surface area contributed by atoms with Crippen molar-refractivity contribution in [2.75, 3.05) is 21.3 Å². The zero-order chi connectivity index (χ0) is 18.4. The average molecular weight is 345 g/mol. The van der Waals surface area contributed by atoms with Crippen molar-refractivity contribution in [2.45, 2.75) is 25.8 Å². The van der Waals surface area contributed by atoms with Crippen LogP contribution in [0.2, 0.25) is 0 Å². The summed E-state index contributed by atoms with van der Waals surface area (Å²) in [4.78, 5) is 14.2. The van der Waals surface area contributed by atoms with Crippen LogP contribution in [0.4, 0.5) is 4.39 Å². The number of amides is 1. The summed E-state index contributed by atoms with van der Waals surface area (Å²) in [6, 6.07) is 12.4. The zero-order valence-corrected chi connectivity index (χ0v) is 15.1. The summed E-state index contributed by atoms with van der Waals surface area (Å²) >= 11 is 0. The van der Waals surface area contributed by atoms with Crippen LogP contribution in [0.1, 0.15) is 30.5 Å². The fraction of sp³-hybridized carbons (Fsp3) is 0.350. The molecule has 0 aliphatic rings. The molecule has 0 aromatic heterocycles. The molecule has 0 heterocycles. The van der Waals surface area contributed by atoms with Gasteiger partial charge < -0.3 is 14.4 Å². The van der Waals surface area contributed by atoms with Crippen molar-refractivity contribution in [3.8, 4) is 11.5 Å². The van der Waals surface area contributed by atoms with Crippen molar-refractivity contribution in [1.29, 1.82) is 0 Å². The van der Waals surface area contributed by atoms with Gasteiger partial charge in [0.05, 0.1) is 20.3 Å². The molecule has 0 saturated carbocycles. The minimum Gasteiger partial charge on any atom is -0.497 e. The van der Waals surface area contributed by atoms with Crippen LogP contribution in [0.3, 0.4) is 0 Å². The molecule has 2 aromatic carbocycles. The quantitative estimate of drug-likeness (QED) is 0.761. The van der Waals surface area contributed by atoms with Crippen LogP contribution in [0.25, 0.3) is 0 Å². The largest absolute Gasteiger partial charge is 0.497 e. The molecule has 2 rings (SSSR count). The first-order valence-corrected chi connectivity index (χ1v) is 8.18. The van der Waals surface area contributed by atoms with E-state index in [1.54, 1.807) is 31.2 Å². The molecule has 0 N–H and O–H groups in total. The van der Waals surface area contributed by atoms with Gasteiger partial charge in [0.2, 0.25) is 5.91 Å². The van der Waals surface area contributed by atoms with Gasteiger partial charge in [-0.2, -0.15) is 0 Å². The smallest absolute Gasteiger partial charge is 0.223 e. The standard InChI is InChI=1S/C20H24FNO3/c1-14(16-7-9-17(24-3)10-8-16)22(2)20(23)12-6-15-5-11-19(25-4)18(21)13-15/h5,7-11,13-14H,6,12H2,1-4H3. The lowest BCUT2D eigenvalue weighted by Crippen LogP contribution is -2.29. The summed E-state index contributed by atoms with van der Waals surface area (Å²) in [6.45, 7) is 1.98. The molecule has 0 radical (unpaired) electrons. The second-order valence-electron chi connectivity index (χ2n) is 5.92. The Hall–Kier alpha value is -2.56. The van der Waals surface area contributed by atoms with Gasteiger partial charge in [0.15, 0.2) is 11.6 Å². The van der Waals surface area contributed by atoms with E-state index in [0.717, 1.165) is 16.9 Å². The third-order valence-electron chi connectivity index (χ3n) is 4.42. The second kappa shape index (κ2) is 8.51. The van der Waals surface area contributed by atoms with E-state index in [4.69, 9.17) is 9.47 Å². The molecule has 0 aliphatic carbocycles. The maximum Gasteiger partial charge on any atom is 0.223 e. The highest BCUT2D eigenvalue weighted by molar-refractivity contribution is 5.76. The first-order chi connectivity index (χ1) is 12.0. The summed E-state index contributed by atoms with van der Waals surface area (Å²) in [5.41, 5.74) is 1.81. The molecular weight excluding hydrogens is 321 g/mol. The second-order valence-corrected chi connectivity index (χ2v) is 5.92. The minimum atomic E-state index is -0.410. The summed E-state index contributed by atoms with van der Waals surface area (Å²) in [5, 5.41) is 0. The van der Waals surface area contributed by atoms with E-state index >= 15 is 0 Å². The van der Waals surface area contributed by atoms with Crippen molar-refractivity contribution in [3.63, 3.8) is 0 Å². The van der Waals surface area contributed by atoms with Crippen LogP contribution in [0, 0.1) is 5.82 Å². The van der Waals surface area contributed by atoms with E-state index in [1.165, 1.54) is 13.2 Å². The lowest BCUT2D eigenvalue weighted by molar-refractivity contribution is -0.131. The van der Waals surface area contributed by atoms with Gasteiger partial charge in [-0.25, -0.2) is 4.39 Å². The predicted octanol–water partition coefficient (Wildman–Crippen LogP) is 4.00. The number of hydrogen-bond donors (Lipinski definition) is 0. The first kappa shape index (κ1) is 18.8. The van der Waals surface area contributed by atoms with Crippen LogP contribution in [0.15, 0.2) is 42.5 Å². The number of ether oxygens (including phenoxy) is 2. The topological polar surface area (TPSA) is 38.8 Å². The number of halogens is 1. The molecule has 1 atom stereocenters. The number of methoxy groups -OCH3 is 2. The molecule has 1 unspecified atom stereocenters. The van der Waals surface area contributed by atoms with Gasteiger partial charge in [0.25, 0.3) is 0 Å². The number of hydrogen-bond acceptors (Lipinski definition) is 3. The zero-order valence-electron chi connectivity index (χ0n) is 15.1. The highest BCUT2D eigenvalue weighted by Crippen LogP contribution is 2.23. The summed E-state index contributed by atoms with van der Waals surface area (Å²) in [6.07, 6.45) is 0.808. The average Bonchev–Trinajstić information content (AvgIpc) is 2.65. The van der Waals surface area contributed by atoms with Gasteiger partial charge in [-0.3, -0.25) is 4.79 Å². The van der Waals surface area contributed by atoms with E-state index in [2.05, 4.69) is 0 Å². The van der Waals surface area contributed by atoms with Gasteiger partial charge in [-0.1, -0.05) is 18.2 Å². The Morgan fingerprint density at radius 3 is 2.36 bits per heavy atom. The van der Waals surface area contributed by atoms with Crippen LogP contribution < -0.4 is 9.47 Å². The molecule has 0 saturated heterocycles. The van der Waals surface area contributed by atoms with Gasteiger partial charge in [-0.15, -0.1) is 0 Å². The maximum absolute atomic E-state index is 13.7. The Kier molecular flexibility index (Phi) is 6.39. The SMILES string of the molecule is COc1ccc(C(C)N(C)C(=O)CCc2ccc(OC)c(F)c2)cc1. The molecule has 2 aromatic rings. The van der Waals surface area contributed by atoms with Gasteiger partial charge in [0.1, 0.15) is 5.75 Å². The highest BCUT2D eigenvalue weighted by atomic mass is 19.1. The fourth-order valence-corrected chi connectivity index (χ4v) is 2.62. The maximum atomic E-state index is 13.7. The summed E-state index contributed by atoms with van der Waals surface area (Å²) in [5.74, 6) is 0.596. The van der Waals surface area contributed by atoms with Crippen molar-refractivity contribution in [3.05, 3.63) is 59.4 Å². The molecule has 25 heavy (non-hydrogen) atoms. The normalized spacial score (nSPS) is 11.7. The number of carbonyl (C=O) groups excluding carboxylic acids is 1. The van der Waals surface area contributed by atoms with Crippen LogP contribution in [-0.2, 0) is 11.2 Å². The minimum absolute atomic E-state index is 0.0135. The third kappa shape index (κ3) is 4.72. The molecule has 1 amide bonds. The van der Waals surface area contributed by atoms with Crippen molar-refractivity contribution in [2.24, 2.45) is 0 Å². The molecule has 0 aliphatic heterocycles. The molecule has 4 nitrogen and oxygen atoms in total. The van der Waals surface area contributed by atoms with Gasteiger partial charge in [0, 0.05) is 13.5 Å². The summed E-state index contributed by atoms with van der Waals surface area (Å²) < 4.78 is 23.8. The Labute approximate surface area is 148 Å². The van der Waals surface area contributed by atoms with Crippen LogP contribution in [0.5, 0.6) is 11.5 Å². The van der Waals surface area contributed by atoms with Gasteiger partial charge >= 0.3 is 0 Å². The fourth-order valence-electron chi connectivity index (χ4n) is 2.62. The van der Waals surface area contributed by atoms with E-state index in [9.17, 15) is 9.18 Å². The number of carbonyl (C=O) groups is 1. The van der Waals surface area contributed by atoms with Crippen molar-refractivity contribution < 1.29 is 18.7 Å². The lowest BCUT2D eigenvalue weighted by Gasteiger charge is -2.25. The van der Waals surface area contributed by atoms with Crippen molar-refractivity contribution >= 4 is 5.91 Å². The Morgan fingerprint density at radius 1 is 1.12 bits per heavy atom. The van der Waals surface area contributed by atoms with Crippen LogP contribution >= 0.6 is 0 Å². The number of benzene rings is 2. The highest BCUT2D eigenvalue weighted by Gasteiger charge is 2.17.